The molecule has 0 fully saturated rings. The zero-order valence-electron chi connectivity index (χ0n) is 10.8. The first kappa shape index (κ1) is 13.0. The fourth-order valence-electron chi connectivity index (χ4n) is 1.92. The van der Waals surface area contributed by atoms with Crippen LogP contribution >= 0.6 is 11.3 Å². The van der Waals surface area contributed by atoms with Crippen LogP contribution in [0.1, 0.15) is 36.5 Å². The first-order chi connectivity index (χ1) is 8.85. The molecule has 0 radical (unpaired) electrons. The second kappa shape index (κ2) is 6.44. The number of rotatable bonds is 6. The summed E-state index contributed by atoms with van der Waals surface area (Å²) in [6.45, 7) is 5.14. The summed E-state index contributed by atoms with van der Waals surface area (Å²) in [5.74, 6) is 0.973. The molecule has 0 aromatic carbocycles. The minimum Gasteiger partial charge on any atom is -0.370 e. The minimum absolute atomic E-state index is 0.800. The van der Waals surface area contributed by atoms with Crippen molar-refractivity contribution in [2.75, 3.05) is 11.9 Å². The van der Waals surface area contributed by atoms with Crippen molar-refractivity contribution in [3.63, 3.8) is 0 Å². The lowest BCUT2D eigenvalue weighted by atomic mass is 10.1. The van der Waals surface area contributed by atoms with Crippen molar-refractivity contribution in [1.29, 1.82) is 0 Å². The molecule has 0 unspecified atom stereocenters. The van der Waals surface area contributed by atoms with Gasteiger partial charge in [0, 0.05) is 30.1 Å². The summed E-state index contributed by atoms with van der Waals surface area (Å²) in [6.07, 6.45) is 6.38. The van der Waals surface area contributed by atoms with Crippen molar-refractivity contribution in [2.45, 2.75) is 33.1 Å². The Kier molecular flexibility index (Phi) is 4.64. The van der Waals surface area contributed by atoms with Gasteiger partial charge in [-0.15, -0.1) is 11.3 Å². The molecule has 18 heavy (non-hydrogen) atoms. The number of thiazole rings is 1. The van der Waals surface area contributed by atoms with Gasteiger partial charge < -0.3 is 5.32 Å². The van der Waals surface area contributed by atoms with Gasteiger partial charge in [0.25, 0.3) is 0 Å². The first-order valence-electron chi connectivity index (χ1n) is 6.30. The average molecular weight is 262 g/mol. The second-order valence-electron chi connectivity index (χ2n) is 4.03. The highest BCUT2D eigenvalue weighted by Crippen LogP contribution is 2.20. The second-order valence-corrected chi connectivity index (χ2v) is 5.01. The molecule has 4 nitrogen and oxygen atoms in total. The third-order valence-electron chi connectivity index (χ3n) is 2.68. The van der Waals surface area contributed by atoms with Crippen LogP contribution in [0, 0.1) is 0 Å². The van der Waals surface area contributed by atoms with Gasteiger partial charge in [-0.1, -0.05) is 13.3 Å². The topological polar surface area (TPSA) is 50.7 Å². The highest BCUT2D eigenvalue weighted by Gasteiger charge is 2.11. The predicted octanol–water partition coefficient (Wildman–Crippen LogP) is 2.91. The Morgan fingerprint density at radius 2 is 2.11 bits per heavy atom. The molecule has 0 bridgehead atoms. The summed E-state index contributed by atoms with van der Waals surface area (Å²) in [5.41, 5.74) is 2.33. The lowest BCUT2D eigenvalue weighted by Gasteiger charge is -2.12. The van der Waals surface area contributed by atoms with E-state index in [2.05, 4.69) is 34.1 Å². The molecule has 0 aliphatic heterocycles. The molecule has 2 rings (SSSR count). The SMILES string of the molecule is CCCc1c(Cc2nccs2)ncnc1NCC. The number of nitrogens with zero attached hydrogens (tertiary/aromatic N) is 3. The van der Waals surface area contributed by atoms with Crippen LogP contribution in [0.25, 0.3) is 0 Å². The van der Waals surface area contributed by atoms with Gasteiger partial charge >= 0.3 is 0 Å². The fourth-order valence-corrected chi connectivity index (χ4v) is 2.54. The maximum Gasteiger partial charge on any atom is 0.132 e. The Labute approximate surface area is 112 Å². The molecule has 2 aromatic heterocycles. The Morgan fingerprint density at radius 1 is 1.22 bits per heavy atom. The molecule has 96 valence electrons. The van der Waals surface area contributed by atoms with Gasteiger partial charge in [0.2, 0.25) is 0 Å². The molecule has 2 aromatic rings. The maximum atomic E-state index is 4.43. The molecule has 0 aliphatic carbocycles. The van der Waals surface area contributed by atoms with Crippen LogP contribution in [0.2, 0.25) is 0 Å². The summed E-state index contributed by atoms with van der Waals surface area (Å²) in [7, 11) is 0. The molecule has 5 heteroatoms. The number of anilines is 1. The Bertz CT molecular complexity index is 482. The number of hydrogen-bond donors (Lipinski definition) is 1. The van der Waals surface area contributed by atoms with Crippen LogP contribution < -0.4 is 5.32 Å². The van der Waals surface area contributed by atoms with Gasteiger partial charge in [0.15, 0.2) is 0 Å². The van der Waals surface area contributed by atoms with Crippen LogP contribution in [0.4, 0.5) is 5.82 Å². The van der Waals surface area contributed by atoms with Gasteiger partial charge in [-0.05, 0) is 13.3 Å². The number of aromatic nitrogens is 3. The zero-order valence-corrected chi connectivity index (χ0v) is 11.6. The normalized spacial score (nSPS) is 10.6. The van der Waals surface area contributed by atoms with Crippen LogP contribution in [-0.4, -0.2) is 21.5 Å². The maximum absolute atomic E-state index is 4.43. The van der Waals surface area contributed by atoms with Crippen molar-refractivity contribution in [3.8, 4) is 0 Å². The van der Waals surface area contributed by atoms with Gasteiger partial charge in [-0.3, -0.25) is 0 Å². The molecule has 0 spiro atoms. The quantitative estimate of drug-likeness (QED) is 0.869. The van der Waals surface area contributed by atoms with Crippen LogP contribution in [0.5, 0.6) is 0 Å². The Morgan fingerprint density at radius 3 is 2.78 bits per heavy atom. The van der Waals surface area contributed by atoms with E-state index in [0.29, 0.717) is 0 Å². The van der Waals surface area contributed by atoms with E-state index >= 15 is 0 Å². The third-order valence-corrected chi connectivity index (χ3v) is 3.46. The molecule has 2 heterocycles. The molecular weight excluding hydrogens is 244 g/mol. The molecule has 0 saturated carbocycles. The largest absolute Gasteiger partial charge is 0.370 e. The predicted molar refractivity (Wildman–Crippen MR) is 75.1 cm³/mol. The van der Waals surface area contributed by atoms with Crippen LogP contribution in [-0.2, 0) is 12.8 Å². The smallest absolute Gasteiger partial charge is 0.132 e. The highest BCUT2D eigenvalue weighted by atomic mass is 32.1. The van der Waals surface area contributed by atoms with Crippen LogP contribution in [0.3, 0.4) is 0 Å². The van der Waals surface area contributed by atoms with E-state index < -0.39 is 0 Å². The summed E-state index contributed by atoms with van der Waals surface area (Å²) >= 11 is 1.67. The monoisotopic (exact) mass is 262 g/mol. The van der Waals surface area contributed by atoms with Crippen molar-refractivity contribution >= 4 is 17.2 Å². The van der Waals surface area contributed by atoms with E-state index in [9.17, 15) is 0 Å². The third kappa shape index (κ3) is 3.04. The fraction of sp³-hybridized carbons (Fsp3) is 0.462. The van der Waals surface area contributed by atoms with Crippen molar-refractivity contribution < 1.29 is 0 Å². The van der Waals surface area contributed by atoms with Crippen molar-refractivity contribution in [2.24, 2.45) is 0 Å². The van der Waals surface area contributed by atoms with Crippen molar-refractivity contribution in [1.82, 2.24) is 15.0 Å². The number of hydrogen-bond acceptors (Lipinski definition) is 5. The standard InChI is InChI=1S/C13H18N4S/c1-3-5-10-11(8-12-15-6-7-18-12)16-9-17-13(10)14-4-2/h6-7,9H,3-5,8H2,1-2H3,(H,14,16,17). The molecule has 0 atom stereocenters. The highest BCUT2D eigenvalue weighted by molar-refractivity contribution is 7.09. The van der Waals surface area contributed by atoms with E-state index in [4.69, 9.17) is 0 Å². The lowest BCUT2D eigenvalue weighted by molar-refractivity contribution is 0.864. The van der Waals surface area contributed by atoms with E-state index in [0.717, 1.165) is 42.3 Å². The van der Waals surface area contributed by atoms with E-state index in [1.807, 2.05) is 11.6 Å². The first-order valence-corrected chi connectivity index (χ1v) is 7.18. The van der Waals surface area contributed by atoms with E-state index in [1.54, 1.807) is 17.7 Å². The number of nitrogens with one attached hydrogen (secondary N) is 1. The minimum atomic E-state index is 0.800. The molecular formula is C13H18N4S. The summed E-state index contributed by atoms with van der Waals surface area (Å²) in [4.78, 5) is 13.1. The van der Waals surface area contributed by atoms with E-state index in [1.165, 1.54) is 5.56 Å². The van der Waals surface area contributed by atoms with Crippen LogP contribution in [0.15, 0.2) is 17.9 Å². The van der Waals surface area contributed by atoms with Crippen molar-refractivity contribution in [3.05, 3.63) is 34.2 Å². The molecule has 0 amide bonds. The molecule has 0 saturated heterocycles. The van der Waals surface area contributed by atoms with Gasteiger partial charge in [0.1, 0.15) is 12.1 Å². The zero-order chi connectivity index (χ0) is 12.8. The Hall–Kier alpha value is -1.49. The van der Waals surface area contributed by atoms with Gasteiger partial charge in [0.05, 0.1) is 10.7 Å². The summed E-state index contributed by atoms with van der Waals surface area (Å²) in [5, 5.41) is 6.42. The summed E-state index contributed by atoms with van der Waals surface area (Å²) in [6, 6.07) is 0. The summed E-state index contributed by atoms with van der Waals surface area (Å²) < 4.78 is 0. The lowest BCUT2D eigenvalue weighted by Crippen LogP contribution is -2.08. The van der Waals surface area contributed by atoms with Gasteiger partial charge in [-0.2, -0.15) is 0 Å². The average Bonchev–Trinajstić information content (AvgIpc) is 2.86. The van der Waals surface area contributed by atoms with Gasteiger partial charge in [-0.25, -0.2) is 15.0 Å². The molecule has 1 N–H and O–H groups in total. The Balaban J connectivity index is 2.29. The molecule has 0 aliphatic rings. The van der Waals surface area contributed by atoms with E-state index in [-0.39, 0.29) is 0 Å².